The lowest BCUT2D eigenvalue weighted by Crippen LogP contribution is -2.05. The van der Waals surface area contributed by atoms with E-state index in [-0.39, 0.29) is 22.6 Å². The number of carbonyl (C=O) groups is 1. The molecule has 3 aromatic carbocycles. The summed E-state index contributed by atoms with van der Waals surface area (Å²) in [6.07, 6.45) is 0. The fourth-order valence-corrected chi connectivity index (χ4v) is 3.17. The molecule has 0 heterocycles. The molecule has 0 saturated carbocycles. The summed E-state index contributed by atoms with van der Waals surface area (Å²) in [5.41, 5.74) is 10.2. The first kappa shape index (κ1) is 18.2. The number of carboxylic acid groups (broad SMARTS) is 1. The minimum atomic E-state index is -1.20. The van der Waals surface area contributed by atoms with Gasteiger partial charge in [0.25, 0.3) is 0 Å². The zero-order valence-corrected chi connectivity index (χ0v) is 14.9. The van der Waals surface area contributed by atoms with Crippen molar-refractivity contribution in [2.75, 3.05) is 5.73 Å². The van der Waals surface area contributed by atoms with Gasteiger partial charge in [-0.25, -0.2) is 9.18 Å². The van der Waals surface area contributed by atoms with Crippen LogP contribution in [0.25, 0.3) is 22.3 Å². The third-order valence-electron chi connectivity index (χ3n) is 4.56. The Morgan fingerprint density at radius 1 is 1.07 bits per heavy atom. The summed E-state index contributed by atoms with van der Waals surface area (Å²) >= 11 is 0. The second-order valence-electron chi connectivity index (χ2n) is 6.36. The van der Waals surface area contributed by atoms with Crippen molar-refractivity contribution in [2.24, 2.45) is 0 Å². The number of nitrogens with zero attached hydrogens (tertiary/aromatic N) is 1. The molecular weight excluding hydrogens is 343 g/mol. The number of carboxylic acids is 1. The van der Waals surface area contributed by atoms with Gasteiger partial charge in [0, 0.05) is 0 Å². The highest BCUT2D eigenvalue weighted by molar-refractivity contribution is 5.98. The minimum Gasteiger partial charge on any atom is -0.478 e. The molecule has 0 aromatic heterocycles. The lowest BCUT2D eigenvalue weighted by Gasteiger charge is -2.16. The van der Waals surface area contributed by atoms with Crippen molar-refractivity contribution in [3.05, 3.63) is 76.6 Å². The van der Waals surface area contributed by atoms with Crippen LogP contribution < -0.4 is 5.73 Å². The molecule has 27 heavy (non-hydrogen) atoms. The number of benzene rings is 3. The number of nitrogens with two attached hydrogens (primary N) is 1. The van der Waals surface area contributed by atoms with E-state index in [2.05, 4.69) is 0 Å². The van der Waals surface area contributed by atoms with Gasteiger partial charge in [-0.15, -0.1) is 0 Å². The summed E-state index contributed by atoms with van der Waals surface area (Å²) in [7, 11) is 0. The number of halogens is 1. The molecule has 0 atom stereocenters. The largest absolute Gasteiger partial charge is 0.478 e. The molecule has 0 aliphatic carbocycles. The van der Waals surface area contributed by atoms with Crippen LogP contribution in [0.3, 0.4) is 0 Å². The molecule has 0 spiro atoms. The number of rotatable bonds is 3. The summed E-state index contributed by atoms with van der Waals surface area (Å²) in [4.78, 5) is 11.5. The highest BCUT2D eigenvalue weighted by Crippen LogP contribution is 2.37. The van der Waals surface area contributed by atoms with Crippen LogP contribution in [0.1, 0.15) is 27.0 Å². The van der Waals surface area contributed by atoms with Crippen molar-refractivity contribution in [2.45, 2.75) is 13.8 Å². The van der Waals surface area contributed by atoms with Gasteiger partial charge in [0.15, 0.2) is 0 Å². The van der Waals surface area contributed by atoms with Crippen molar-refractivity contribution < 1.29 is 14.3 Å². The average molecular weight is 360 g/mol. The van der Waals surface area contributed by atoms with Crippen molar-refractivity contribution in [3.63, 3.8) is 0 Å². The molecule has 0 unspecified atom stereocenters. The smallest absolute Gasteiger partial charge is 0.337 e. The molecule has 0 saturated heterocycles. The Morgan fingerprint density at radius 3 is 2.44 bits per heavy atom. The maximum atomic E-state index is 13.7. The highest BCUT2D eigenvalue weighted by Gasteiger charge is 2.17. The van der Waals surface area contributed by atoms with Crippen LogP contribution in [0, 0.1) is 31.0 Å². The standard InChI is InChI=1S/C22H17FN2O2/c1-12-4-3-5-17(20(12)14-6-7-19(23)13(2)8-14)15-9-16(11-24)21(25)18(10-15)22(26)27/h3-10H,25H2,1-2H3,(H,26,27). The van der Waals surface area contributed by atoms with E-state index in [1.807, 2.05) is 31.2 Å². The quantitative estimate of drug-likeness (QED) is 0.648. The lowest BCUT2D eigenvalue weighted by molar-refractivity contribution is 0.0698. The van der Waals surface area contributed by atoms with Crippen LogP contribution >= 0.6 is 0 Å². The topological polar surface area (TPSA) is 87.1 Å². The van der Waals surface area contributed by atoms with Crippen molar-refractivity contribution in [1.29, 1.82) is 5.26 Å². The van der Waals surface area contributed by atoms with Crippen molar-refractivity contribution >= 4 is 11.7 Å². The van der Waals surface area contributed by atoms with Gasteiger partial charge < -0.3 is 10.8 Å². The van der Waals surface area contributed by atoms with E-state index in [9.17, 15) is 19.6 Å². The molecule has 0 bridgehead atoms. The predicted molar refractivity (Wildman–Crippen MR) is 103 cm³/mol. The Morgan fingerprint density at radius 2 is 1.81 bits per heavy atom. The number of anilines is 1. The van der Waals surface area contributed by atoms with Gasteiger partial charge in [-0.05, 0) is 71.5 Å². The molecule has 3 aromatic rings. The van der Waals surface area contributed by atoms with E-state index in [1.54, 1.807) is 25.1 Å². The van der Waals surface area contributed by atoms with Gasteiger partial charge in [-0.2, -0.15) is 5.26 Å². The molecule has 3 rings (SSSR count). The first-order chi connectivity index (χ1) is 12.8. The number of aromatic carboxylic acids is 1. The van der Waals surface area contributed by atoms with E-state index in [0.29, 0.717) is 11.1 Å². The van der Waals surface area contributed by atoms with E-state index in [4.69, 9.17) is 5.73 Å². The normalized spacial score (nSPS) is 10.4. The number of aryl methyl sites for hydroxylation is 2. The predicted octanol–water partition coefficient (Wildman–Crippen LogP) is 4.93. The summed E-state index contributed by atoms with van der Waals surface area (Å²) in [6, 6.07) is 15.5. The summed E-state index contributed by atoms with van der Waals surface area (Å²) in [5.74, 6) is -1.49. The second-order valence-corrected chi connectivity index (χ2v) is 6.36. The second kappa shape index (κ2) is 6.93. The van der Waals surface area contributed by atoms with Crippen LogP contribution in [-0.4, -0.2) is 11.1 Å². The molecule has 0 aliphatic rings. The lowest BCUT2D eigenvalue weighted by atomic mass is 9.88. The zero-order chi connectivity index (χ0) is 19.7. The van der Waals surface area contributed by atoms with Gasteiger partial charge >= 0.3 is 5.97 Å². The molecule has 0 radical (unpaired) electrons. The van der Waals surface area contributed by atoms with Gasteiger partial charge in [0.05, 0.1) is 16.8 Å². The molecule has 0 fully saturated rings. The third-order valence-corrected chi connectivity index (χ3v) is 4.56. The fraction of sp³-hybridized carbons (Fsp3) is 0.0909. The number of nitriles is 1. The van der Waals surface area contributed by atoms with Gasteiger partial charge in [0.2, 0.25) is 0 Å². The Hall–Kier alpha value is -3.65. The summed E-state index contributed by atoms with van der Waals surface area (Å²) in [5, 5.41) is 18.8. The van der Waals surface area contributed by atoms with Crippen LogP contribution in [-0.2, 0) is 0 Å². The van der Waals surface area contributed by atoms with Crippen LogP contribution in [0.4, 0.5) is 10.1 Å². The monoisotopic (exact) mass is 360 g/mol. The fourth-order valence-electron chi connectivity index (χ4n) is 3.17. The molecule has 134 valence electrons. The van der Waals surface area contributed by atoms with E-state index in [0.717, 1.165) is 22.3 Å². The number of hydrogen-bond donors (Lipinski definition) is 2. The van der Waals surface area contributed by atoms with Crippen LogP contribution in [0.5, 0.6) is 0 Å². The molecule has 4 nitrogen and oxygen atoms in total. The molecule has 3 N–H and O–H groups in total. The summed E-state index contributed by atoms with van der Waals surface area (Å²) in [6.45, 7) is 3.62. The van der Waals surface area contributed by atoms with Gasteiger partial charge in [-0.3, -0.25) is 0 Å². The highest BCUT2D eigenvalue weighted by atomic mass is 19.1. The van der Waals surface area contributed by atoms with Crippen molar-refractivity contribution in [1.82, 2.24) is 0 Å². The Labute approximate surface area is 156 Å². The first-order valence-corrected chi connectivity index (χ1v) is 8.27. The SMILES string of the molecule is Cc1cc(-c2c(C)cccc2-c2cc(C#N)c(N)c(C(=O)O)c2)ccc1F. The van der Waals surface area contributed by atoms with E-state index >= 15 is 0 Å². The Balaban J connectivity index is 2.32. The third kappa shape index (κ3) is 3.25. The molecular formula is C22H17FN2O2. The van der Waals surface area contributed by atoms with E-state index < -0.39 is 5.97 Å². The Bertz CT molecular complexity index is 1110. The van der Waals surface area contributed by atoms with Gasteiger partial charge in [-0.1, -0.05) is 24.3 Å². The molecule has 0 amide bonds. The maximum absolute atomic E-state index is 13.7. The van der Waals surface area contributed by atoms with Crippen LogP contribution in [0.2, 0.25) is 0 Å². The first-order valence-electron chi connectivity index (χ1n) is 8.27. The zero-order valence-electron chi connectivity index (χ0n) is 14.9. The number of hydrogen-bond acceptors (Lipinski definition) is 3. The summed E-state index contributed by atoms with van der Waals surface area (Å²) < 4.78 is 13.7. The minimum absolute atomic E-state index is 0.0550. The van der Waals surface area contributed by atoms with Crippen LogP contribution in [0.15, 0.2) is 48.5 Å². The average Bonchev–Trinajstić information content (AvgIpc) is 2.64. The number of nitrogen functional groups attached to an aromatic ring is 1. The van der Waals surface area contributed by atoms with Crippen molar-refractivity contribution in [3.8, 4) is 28.3 Å². The Kier molecular flexibility index (Phi) is 4.66. The molecule has 5 heteroatoms. The molecule has 0 aliphatic heterocycles. The maximum Gasteiger partial charge on any atom is 0.337 e. The van der Waals surface area contributed by atoms with Gasteiger partial charge in [0.1, 0.15) is 11.9 Å². The van der Waals surface area contributed by atoms with E-state index in [1.165, 1.54) is 12.1 Å².